The van der Waals surface area contributed by atoms with Crippen molar-refractivity contribution in [2.45, 2.75) is 13.3 Å². The Hall–Kier alpha value is -2.91. The number of benzene rings is 1. The summed E-state index contributed by atoms with van der Waals surface area (Å²) in [7, 11) is 0. The van der Waals surface area contributed by atoms with E-state index in [1.165, 1.54) is 13.1 Å². The predicted octanol–water partition coefficient (Wildman–Crippen LogP) is 2.75. The fraction of sp³-hybridized carbons (Fsp3) is 0.176. The van der Waals surface area contributed by atoms with Crippen LogP contribution in [0.25, 0.3) is 0 Å². The number of amidine groups is 1. The molecule has 24 heavy (non-hydrogen) atoms. The number of pyridine rings is 1. The lowest BCUT2D eigenvalue weighted by Gasteiger charge is -2.07. The number of nitrogens with zero attached hydrogens (tertiary/aromatic N) is 3. The molecule has 0 bridgehead atoms. The zero-order valence-corrected chi connectivity index (χ0v) is 13.8. The van der Waals surface area contributed by atoms with Gasteiger partial charge in [-0.15, -0.1) is 0 Å². The van der Waals surface area contributed by atoms with Crippen molar-refractivity contribution >= 4 is 29.0 Å². The number of halogens is 1. The molecule has 7 heteroatoms. The number of aliphatic imine (C=N–C) groups is 1. The van der Waals surface area contributed by atoms with Gasteiger partial charge in [-0.2, -0.15) is 5.26 Å². The highest BCUT2D eigenvalue weighted by atomic mass is 35.5. The van der Waals surface area contributed by atoms with Gasteiger partial charge in [-0.25, -0.2) is 0 Å². The molecule has 0 atom stereocenters. The van der Waals surface area contributed by atoms with E-state index in [9.17, 15) is 4.79 Å². The Morgan fingerprint density at radius 3 is 2.88 bits per heavy atom. The van der Waals surface area contributed by atoms with Gasteiger partial charge in [0.2, 0.25) is 5.91 Å². The van der Waals surface area contributed by atoms with E-state index in [0.717, 1.165) is 5.56 Å². The van der Waals surface area contributed by atoms with Crippen molar-refractivity contribution in [3.05, 3.63) is 58.9 Å². The summed E-state index contributed by atoms with van der Waals surface area (Å²) in [5.74, 6) is 0.198. The van der Waals surface area contributed by atoms with Gasteiger partial charge in [0.25, 0.3) is 0 Å². The molecule has 0 unspecified atom stereocenters. The molecule has 0 aliphatic rings. The molecule has 0 aliphatic heterocycles. The smallest absolute Gasteiger partial charge is 0.221 e. The van der Waals surface area contributed by atoms with Gasteiger partial charge < -0.3 is 5.32 Å². The Morgan fingerprint density at radius 2 is 2.17 bits per heavy atom. The lowest BCUT2D eigenvalue weighted by Crippen LogP contribution is -2.20. The number of amides is 1. The highest BCUT2D eigenvalue weighted by Crippen LogP contribution is 2.15. The van der Waals surface area contributed by atoms with Crippen molar-refractivity contribution in [1.29, 1.82) is 5.26 Å². The lowest BCUT2D eigenvalue weighted by molar-refractivity contribution is -0.114. The van der Waals surface area contributed by atoms with Gasteiger partial charge in [0.05, 0.1) is 11.9 Å². The molecule has 1 aromatic heterocycles. The molecule has 0 fully saturated rings. The number of carbonyl (C=O) groups is 1. The Morgan fingerprint density at radius 1 is 1.38 bits per heavy atom. The van der Waals surface area contributed by atoms with Crippen LogP contribution in [0.3, 0.4) is 0 Å². The second-order valence-corrected chi connectivity index (χ2v) is 5.36. The number of aromatic nitrogens is 1. The quantitative estimate of drug-likeness (QED) is 0.378. The van der Waals surface area contributed by atoms with E-state index in [1.54, 1.807) is 12.3 Å². The second-order valence-electron chi connectivity index (χ2n) is 4.95. The van der Waals surface area contributed by atoms with E-state index in [0.29, 0.717) is 35.1 Å². The van der Waals surface area contributed by atoms with E-state index in [2.05, 4.69) is 20.6 Å². The minimum absolute atomic E-state index is 0.195. The van der Waals surface area contributed by atoms with Crippen LogP contribution < -0.4 is 10.6 Å². The molecule has 0 radical (unpaired) electrons. The number of hydrogen-bond acceptors (Lipinski definition) is 4. The van der Waals surface area contributed by atoms with Crippen molar-refractivity contribution in [3.8, 4) is 6.19 Å². The van der Waals surface area contributed by atoms with Crippen LogP contribution in [0.5, 0.6) is 0 Å². The summed E-state index contributed by atoms with van der Waals surface area (Å²) in [5.41, 5.74) is 2.14. The maximum absolute atomic E-state index is 11.1. The first-order valence-corrected chi connectivity index (χ1v) is 7.64. The summed E-state index contributed by atoms with van der Waals surface area (Å²) in [4.78, 5) is 19.6. The van der Waals surface area contributed by atoms with Gasteiger partial charge in [-0.05, 0) is 24.1 Å². The van der Waals surface area contributed by atoms with Gasteiger partial charge in [0.15, 0.2) is 6.19 Å². The number of hydrogen-bond donors (Lipinski definition) is 2. The van der Waals surface area contributed by atoms with E-state index in [4.69, 9.17) is 16.9 Å². The Bertz CT molecular complexity index is 798. The fourth-order valence-electron chi connectivity index (χ4n) is 2.09. The highest BCUT2D eigenvalue weighted by molar-refractivity contribution is 6.31. The predicted molar refractivity (Wildman–Crippen MR) is 93.8 cm³/mol. The third kappa shape index (κ3) is 5.07. The van der Waals surface area contributed by atoms with Crippen LogP contribution >= 0.6 is 11.6 Å². The van der Waals surface area contributed by atoms with Crippen LogP contribution in [0.2, 0.25) is 5.02 Å². The van der Waals surface area contributed by atoms with Crippen LogP contribution in [-0.4, -0.2) is 23.3 Å². The zero-order valence-electron chi connectivity index (χ0n) is 13.1. The highest BCUT2D eigenvalue weighted by Gasteiger charge is 2.06. The fourth-order valence-corrected chi connectivity index (χ4v) is 2.32. The Kier molecular flexibility index (Phi) is 6.29. The number of rotatable bonds is 5. The second kappa shape index (κ2) is 8.65. The number of nitrogens with one attached hydrogen (secondary N) is 2. The molecule has 1 heterocycles. The van der Waals surface area contributed by atoms with Gasteiger partial charge in [-0.1, -0.05) is 29.8 Å². The van der Waals surface area contributed by atoms with Crippen molar-refractivity contribution in [2.24, 2.45) is 4.99 Å². The summed E-state index contributed by atoms with van der Waals surface area (Å²) >= 11 is 6.12. The van der Waals surface area contributed by atoms with Gasteiger partial charge in [-0.3, -0.25) is 20.1 Å². The number of anilines is 1. The van der Waals surface area contributed by atoms with Gasteiger partial charge in [0, 0.05) is 30.3 Å². The van der Waals surface area contributed by atoms with Crippen LogP contribution in [0.15, 0.2) is 47.7 Å². The first kappa shape index (κ1) is 17.4. The first-order valence-electron chi connectivity index (χ1n) is 7.26. The lowest BCUT2D eigenvalue weighted by atomic mass is 10.1. The van der Waals surface area contributed by atoms with Crippen molar-refractivity contribution in [3.63, 3.8) is 0 Å². The molecule has 2 aromatic rings. The van der Waals surface area contributed by atoms with E-state index in [-0.39, 0.29) is 5.91 Å². The molecule has 1 aromatic carbocycles. The number of nitriles is 1. The summed E-state index contributed by atoms with van der Waals surface area (Å²) in [6.07, 6.45) is 5.61. The molecule has 6 nitrogen and oxygen atoms in total. The first-order chi connectivity index (χ1) is 11.6. The van der Waals surface area contributed by atoms with E-state index in [1.807, 2.05) is 30.5 Å². The summed E-state index contributed by atoms with van der Waals surface area (Å²) < 4.78 is 0. The van der Waals surface area contributed by atoms with Crippen LogP contribution in [0.4, 0.5) is 5.69 Å². The Balaban J connectivity index is 2.15. The topological polar surface area (TPSA) is 90.2 Å². The molecule has 1 amide bonds. The van der Waals surface area contributed by atoms with Crippen LogP contribution in [0, 0.1) is 11.5 Å². The van der Waals surface area contributed by atoms with Crippen molar-refractivity contribution < 1.29 is 4.79 Å². The molecule has 0 saturated heterocycles. The molecule has 2 N–H and O–H groups in total. The summed E-state index contributed by atoms with van der Waals surface area (Å²) in [6, 6.07) is 9.26. The van der Waals surface area contributed by atoms with Gasteiger partial charge in [0.1, 0.15) is 5.84 Å². The largest absolute Gasteiger partial charge is 0.325 e. The Labute approximate surface area is 145 Å². The summed E-state index contributed by atoms with van der Waals surface area (Å²) in [6.45, 7) is 1.87. The van der Waals surface area contributed by atoms with Crippen LogP contribution in [0.1, 0.15) is 18.1 Å². The minimum Gasteiger partial charge on any atom is -0.325 e. The monoisotopic (exact) mass is 341 g/mol. The average molecular weight is 342 g/mol. The molecule has 122 valence electrons. The maximum Gasteiger partial charge on any atom is 0.221 e. The standard InChI is InChI=1S/C17H16ClN5O/c1-12(24)23-15-8-14(9-20-10-15)17(22-11-19)21-7-6-13-4-2-3-5-16(13)18/h2-5,8-10H,6-7H2,1H3,(H,21,22)(H,23,24). The minimum atomic E-state index is -0.195. The SMILES string of the molecule is CC(=O)Nc1cncc(C(=NCCc2ccccc2Cl)NC#N)c1. The van der Waals surface area contributed by atoms with Crippen molar-refractivity contribution in [1.82, 2.24) is 10.3 Å². The average Bonchev–Trinajstić information content (AvgIpc) is 2.55. The third-order valence-corrected chi connectivity index (χ3v) is 3.48. The van der Waals surface area contributed by atoms with E-state index < -0.39 is 0 Å². The van der Waals surface area contributed by atoms with E-state index >= 15 is 0 Å². The zero-order chi connectivity index (χ0) is 17.4. The molecule has 2 rings (SSSR count). The summed E-state index contributed by atoms with van der Waals surface area (Å²) in [5, 5.41) is 14.8. The van der Waals surface area contributed by atoms with Crippen molar-refractivity contribution in [2.75, 3.05) is 11.9 Å². The number of carbonyl (C=O) groups excluding carboxylic acids is 1. The van der Waals surface area contributed by atoms with Crippen LogP contribution in [-0.2, 0) is 11.2 Å². The maximum atomic E-state index is 11.1. The molecule has 0 aliphatic carbocycles. The van der Waals surface area contributed by atoms with Gasteiger partial charge >= 0.3 is 0 Å². The molecule has 0 saturated carbocycles. The molecular formula is C17H16ClN5O. The molecule has 0 spiro atoms. The molecular weight excluding hydrogens is 326 g/mol. The third-order valence-electron chi connectivity index (χ3n) is 3.12. The normalized spacial score (nSPS) is 10.8.